The minimum absolute atomic E-state index is 0.171. The Hall–Kier alpha value is -0.960. The molecular weight excluding hydrogens is 270 g/mol. The molecule has 132 valence electrons. The molecule has 1 unspecified atom stereocenters. The van der Waals surface area contributed by atoms with E-state index in [1.165, 1.54) is 25.7 Å². The third-order valence-electron chi connectivity index (χ3n) is 3.51. The van der Waals surface area contributed by atoms with E-state index in [1.807, 2.05) is 20.9 Å². The first-order valence-electron chi connectivity index (χ1n) is 9.00. The SMILES string of the molecule is C=C(CCCCC(C)C)NC(CCCCNC)C(=C)N.CC. The second-order valence-electron chi connectivity index (χ2n) is 6.11. The number of rotatable bonds is 13. The Balaban J connectivity index is 0. The van der Waals surface area contributed by atoms with Gasteiger partial charge in [-0.2, -0.15) is 0 Å². The predicted octanol–water partition coefficient (Wildman–Crippen LogP) is 4.56. The summed E-state index contributed by atoms with van der Waals surface area (Å²) >= 11 is 0. The van der Waals surface area contributed by atoms with Gasteiger partial charge in [0.05, 0.1) is 6.04 Å². The van der Waals surface area contributed by atoms with Crippen molar-refractivity contribution in [3.63, 3.8) is 0 Å². The Labute approximate surface area is 139 Å². The number of allylic oxidation sites excluding steroid dienone is 1. The highest BCUT2D eigenvalue weighted by Gasteiger charge is 2.10. The minimum Gasteiger partial charge on any atom is -0.401 e. The number of unbranched alkanes of at least 4 members (excludes halogenated alkanes) is 2. The lowest BCUT2D eigenvalue weighted by Crippen LogP contribution is -2.33. The Bertz CT molecular complexity index is 272. The van der Waals surface area contributed by atoms with Gasteiger partial charge in [0.1, 0.15) is 0 Å². The molecule has 3 heteroatoms. The third-order valence-corrected chi connectivity index (χ3v) is 3.51. The average molecular weight is 312 g/mol. The van der Waals surface area contributed by atoms with Crippen molar-refractivity contribution in [2.45, 2.75) is 78.7 Å². The van der Waals surface area contributed by atoms with Crippen LogP contribution in [-0.2, 0) is 0 Å². The molecule has 0 aliphatic rings. The molecule has 4 N–H and O–H groups in total. The largest absolute Gasteiger partial charge is 0.401 e. The maximum absolute atomic E-state index is 5.88. The summed E-state index contributed by atoms with van der Waals surface area (Å²) < 4.78 is 0. The van der Waals surface area contributed by atoms with E-state index in [2.05, 4.69) is 37.6 Å². The summed E-state index contributed by atoms with van der Waals surface area (Å²) in [6, 6.07) is 0.171. The molecule has 0 saturated carbocycles. The van der Waals surface area contributed by atoms with Gasteiger partial charge in [-0.25, -0.2) is 0 Å². The van der Waals surface area contributed by atoms with E-state index in [9.17, 15) is 0 Å². The Morgan fingerprint density at radius 3 is 2.09 bits per heavy atom. The zero-order valence-electron chi connectivity index (χ0n) is 15.8. The molecular formula is C19H41N3. The summed E-state index contributed by atoms with van der Waals surface area (Å²) in [6.45, 7) is 17.6. The van der Waals surface area contributed by atoms with Crippen molar-refractivity contribution in [3.8, 4) is 0 Å². The van der Waals surface area contributed by atoms with Crippen molar-refractivity contribution in [2.24, 2.45) is 11.7 Å². The van der Waals surface area contributed by atoms with E-state index < -0.39 is 0 Å². The summed E-state index contributed by atoms with van der Waals surface area (Å²) in [5.74, 6) is 0.792. The Kier molecular flexibility index (Phi) is 17.4. The van der Waals surface area contributed by atoms with Gasteiger partial charge in [0.2, 0.25) is 0 Å². The van der Waals surface area contributed by atoms with Crippen LogP contribution in [0.15, 0.2) is 24.6 Å². The highest BCUT2D eigenvalue weighted by atomic mass is 14.9. The van der Waals surface area contributed by atoms with Crippen molar-refractivity contribution < 1.29 is 0 Å². The molecule has 0 spiro atoms. The predicted molar refractivity (Wildman–Crippen MR) is 102 cm³/mol. The highest BCUT2D eigenvalue weighted by Crippen LogP contribution is 2.13. The molecule has 0 radical (unpaired) electrons. The minimum atomic E-state index is 0.171. The van der Waals surface area contributed by atoms with Crippen LogP contribution in [-0.4, -0.2) is 19.6 Å². The van der Waals surface area contributed by atoms with E-state index in [4.69, 9.17) is 5.73 Å². The van der Waals surface area contributed by atoms with Gasteiger partial charge < -0.3 is 16.4 Å². The first-order chi connectivity index (χ1) is 10.5. The molecule has 1 atom stereocenters. The molecule has 0 aliphatic carbocycles. The van der Waals surface area contributed by atoms with Gasteiger partial charge in [-0.05, 0) is 51.6 Å². The monoisotopic (exact) mass is 311 g/mol. The van der Waals surface area contributed by atoms with Crippen LogP contribution in [0.25, 0.3) is 0 Å². The van der Waals surface area contributed by atoms with Crippen LogP contribution in [0.3, 0.4) is 0 Å². The highest BCUT2D eigenvalue weighted by molar-refractivity contribution is 5.06. The molecule has 0 aromatic carbocycles. The van der Waals surface area contributed by atoms with Crippen LogP contribution in [0.4, 0.5) is 0 Å². The van der Waals surface area contributed by atoms with Gasteiger partial charge in [-0.1, -0.05) is 53.7 Å². The fourth-order valence-electron chi connectivity index (χ4n) is 2.21. The van der Waals surface area contributed by atoms with Crippen molar-refractivity contribution in [2.75, 3.05) is 13.6 Å². The molecule has 0 aliphatic heterocycles. The molecule has 0 rings (SSSR count). The van der Waals surface area contributed by atoms with Gasteiger partial charge in [0, 0.05) is 11.4 Å². The second-order valence-corrected chi connectivity index (χ2v) is 6.11. The number of nitrogens with one attached hydrogen (secondary N) is 2. The van der Waals surface area contributed by atoms with Crippen molar-refractivity contribution in [1.29, 1.82) is 0 Å². The fourth-order valence-corrected chi connectivity index (χ4v) is 2.21. The van der Waals surface area contributed by atoms with Crippen molar-refractivity contribution in [1.82, 2.24) is 10.6 Å². The van der Waals surface area contributed by atoms with E-state index in [-0.39, 0.29) is 6.04 Å². The Morgan fingerprint density at radius 1 is 1.00 bits per heavy atom. The maximum atomic E-state index is 5.88. The lowest BCUT2D eigenvalue weighted by Gasteiger charge is -2.21. The van der Waals surface area contributed by atoms with E-state index in [1.54, 1.807) is 0 Å². The van der Waals surface area contributed by atoms with Gasteiger partial charge >= 0.3 is 0 Å². The summed E-state index contributed by atoms with van der Waals surface area (Å²) in [6.07, 6.45) is 8.15. The third kappa shape index (κ3) is 15.4. The van der Waals surface area contributed by atoms with Crippen LogP contribution < -0.4 is 16.4 Å². The molecule has 0 heterocycles. The summed E-state index contributed by atoms with van der Waals surface area (Å²) in [5.41, 5.74) is 7.70. The van der Waals surface area contributed by atoms with E-state index in [0.717, 1.165) is 43.1 Å². The number of nitrogens with two attached hydrogens (primary N) is 1. The van der Waals surface area contributed by atoms with E-state index in [0.29, 0.717) is 0 Å². The van der Waals surface area contributed by atoms with Gasteiger partial charge in [-0.3, -0.25) is 0 Å². The van der Waals surface area contributed by atoms with Crippen LogP contribution in [0, 0.1) is 5.92 Å². The lowest BCUT2D eigenvalue weighted by molar-refractivity contribution is 0.509. The fraction of sp³-hybridized carbons (Fsp3) is 0.789. The molecule has 0 aromatic heterocycles. The summed E-state index contributed by atoms with van der Waals surface area (Å²) in [5, 5.41) is 6.61. The van der Waals surface area contributed by atoms with Crippen LogP contribution in [0.2, 0.25) is 0 Å². The van der Waals surface area contributed by atoms with Crippen LogP contribution in [0.1, 0.15) is 72.6 Å². The Morgan fingerprint density at radius 2 is 1.59 bits per heavy atom. The first kappa shape index (κ1) is 23.3. The average Bonchev–Trinajstić information content (AvgIpc) is 2.48. The molecule has 0 aromatic rings. The van der Waals surface area contributed by atoms with Crippen molar-refractivity contribution >= 4 is 0 Å². The quantitative estimate of drug-likeness (QED) is 0.437. The molecule has 0 saturated heterocycles. The summed E-state index contributed by atoms with van der Waals surface area (Å²) in [4.78, 5) is 0. The molecule has 22 heavy (non-hydrogen) atoms. The zero-order valence-corrected chi connectivity index (χ0v) is 15.8. The van der Waals surface area contributed by atoms with Gasteiger partial charge in [-0.15, -0.1) is 0 Å². The normalized spacial score (nSPS) is 11.5. The standard InChI is InChI=1S/C17H35N3.C2H6/c1-14(2)10-6-7-11-15(3)20-17(16(4)18)12-8-9-13-19-5;1-2/h14,17,19-20H,3-4,6-13,18H2,1-2,5H3;1-2H3. The summed E-state index contributed by atoms with van der Waals surface area (Å²) in [7, 11) is 1.98. The molecule has 0 amide bonds. The van der Waals surface area contributed by atoms with Crippen molar-refractivity contribution in [3.05, 3.63) is 24.6 Å². The smallest absolute Gasteiger partial charge is 0.0648 e. The molecule has 3 nitrogen and oxygen atoms in total. The lowest BCUT2D eigenvalue weighted by atomic mass is 10.0. The van der Waals surface area contributed by atoms with Crippen LogP contribution >= 0.6 is 0 Å². The van der Waals surface area contributed by atoms with Gasteiger partial charge in [0.15, 0.2) is 0 Å². The number of hydrogen-bond acceptors (Lipinski definition) is 3. The second kappa shape index (κ2) is 16.4. The maximum Gasteiger partial charge on any atom is 0.0648 e. The molecule has 0 fully saturated rings. The van der Waals surface area contributed by atoms with E-state index >= 15 is 0 Å². The number of hydrogen-bond donors (Lipinski definition) is 3. The topological polar surface area (TPSA) is 50.1 Å². The van der Waals surface area contributed by atoms with Crippen LogP contribution in [0.5, 0.6) is 0 Å². The zero-order chi connectivity index (χ0) is 17.4. The molecule has 0 bridgehead atoms. The van der Waals surface area contributed by atoms with Gasteiger partial charge in [0.25, 0.3) is 0 Å². The first-order valence-corrected chi connectivity index (χ1v) is 9.00.